The van der Waals surface area contributed by atoms with E-state index in [0.29, 0.717) is 5.03 Å². The highest BCUT2D eigenvalue weighted by Crippen LogP contribution is 2.24. The number of aromatic nitrogens is 4. The summed E-state index contributed by atoms with van der Waals surface area (Å²) in [6, 6.07) is 7.44. The molecule has 1 aromatic carbocycles. The van der Waals surface area contributed by atoms with Crippen molar-refractivity contribution >= 4 is 34.3 Å². The van der Waals surface area contributed by atoms with Crippen molar-refractivity contribution in [3.05, 3.63) is 57.0 Å². The van der Waals surface area contributed by atoms with Crippen LogP contribution in [0, 0.1) is 0 Å². The summed E-state index contributed by atoms with van der Waals surface area (Å²) in [6.45, 7) is 0. The molecule has 0 bridgehead atoms. The van der Waals surface area contributed by atoms with Crippen molar-refractivity contribution in [1.29, 1.82) is 0 Å². The van der Waals surface area contributed by atoms with Crippen molar-refractivity contribution in [2.75, 3.05) is 11.5 Å². The zero-order valence-corrected chi connectivity index (χ0v) is 14.4. The lowest BCUT2D eigenvalue weighted by atomic mass is 10.2. The van der Waals surface area contributed by atoms with Gasteiger partial charge in [0.1, 0.15) is 22.7 Å². The minimum Gasteiger partial charge on any atom is -0.384 e. The highest BCUT2D eigenvalue weighted by molar-refractivity contribution is 8.00. The van der Waals surface area contributed by atoms with Crippen LogP contribution < -0.4 is 17.0 Å². The summed E-state index contributed by atoms with van der Waals surface area (Å²) in [7, 11) is 2.73. The predicted octanol–water partition coefficient (Wildman–Crippen LogP) is 0.584. The van der Waals surface area contributed by atoms with E-state index >= 15 is 0 Å². The SMILES string of the molecule is Cn1c(N)c(C(=O)CSc2ncnc3ccccc23)c(=O)n(C)c1=O. The number of carbonyl (C=O) groups is 1. The van der Waals surface area contributed by atoms with Gasteiger partial charge in [0.15, 0.2) is 5.78 Å². The lowest BCUT2D eigenvalue weighted by molar-refractivity contribution is 0.102. The molecule has 0 atom stereocenters. The van der Waals surface area contributed by atoms with Gasteiger partial charge in [-0.05, 0) is 6.07 Å². The van der Waals surface area contributed by atoms with E-state index in [-0.39, 0.29) is 17.1 Å². The molecule has 0 aliphatic rings. The van der Waals surface area contributed by atoms with Crippen molar-refractivity contribution in [2.45, 2.75) is 5.03 Å². The van der Waals surface area contributed by atoms with Crippen LogP contribution in [0.5, 0.6) is 0 Å². The third kappa shape index (κ3) is 2.93. The molecule has 8 nitrogen and oxygen atoms in total. The van der Waals surface area contributed by atoms with Crippen molar-refractivity contribution in [3.63, 3.8) is 0 Å². The summed E-state index contributed by atoms with van der Waals surface area (Å²) in [4.78, 5) is 45.0. The number of nitrogen functional groups attached to an aromatic ring is 1. The maximum absolute atomic E-state index is 12.5. The van der Waals surface area contributed by atoms with E-state index in [0.717, 1.165) is 20.0 Å². The second-order valence-electron chi connectivity index (χ2n) is 5.37. The lowest BCUT2D eigenvalue weighted by Gasteiger charge is -2.10. The lowest BCUT2D eigenvalue weighted by Crippen LogP contribution is -2.41. The van der Waals surface area contributed by atoms with Gasteiger partial charge in [-0.1, -0.05) is 30.0 Å². The number of benzene rings is 1. The first-order valence-corrected chi connectivity index (χ1v) is 8.31. The number of thioether (sulfide) groups is 1. The Hall–Kier alpha value is -2.94. The molecule has 3 aromatic rings. The number of fused-ring (bicyclic) bond motifs is 1. The van der Waals surface area contributed by atoms with E-state index in [4.69, 9.17) is 5.73 Å². The molecule has 0 fully saturated rings. The highest BCUT2D eigenvalue weighted by Gasteiger charge is 2.20. The van der Waals surface area contributed by atoms with Gasteiger partial charge in [-0.25, -0.2) is 14.8 Å². The molecular weight excluding hydrogens is 342 g/mol. The van der Waals surface area contributed by atoms with Gasteiger partial charge in [-0.3, -0.25) is 18.7 Å². The normalized spacial score (nSPS) is 11.0. The van der Waals surface area contributed by atoms with E-state index in [1.807, 2.05) is 24.3 Å². The molecule has 0 spiro atoms. The van der Waals surface area contributed by atoms with Crippen molar-refractivity contribution in [3.8, 4) is 0 Å². The number of nitrogens with two attached hydrogens (primary N) is 1. The van der Waals surface area contributed by atoms with Gasteiger partial charge in [-0.2, -0.15) is 0 Å². The number of anilines is 1. The molecule has 2 heterocycles. The topological polar surface area (TPSA) is 113 Å². The van der Waals surface area contributed by atoms with Crippen LogP contribution in [0.25, 0.3) is 10.9 Å². The van der Waals surface area contributed by atoms with Gasteiger partial charge in [0.25, 0.3) is 5.56 Å². The van der Waals surface area contributed by atoms with Crippen molar-refractivity contribution < 1.29 is 4.79 Å². The van der Waals surface area contributed by atoms with Crippen LogP contribution in [0.1, 0.15) is 10.4 Å². The number of ketones is 1. The van der Waals surface area contributed by atoms with Crippen LogP contribution in [0.2, 0.25) is 0 Å². The summed E-state index contributed by atoms with van der Waals surface area (Å²) >= 11 is 1.19. The number of hydrogen-bond donors (Lipinski definition) is 1. The maximum atomic E-state index is 12.5. The quantitative estimate of drug-likeness (QED) is 0.413. The average Bonchev–Trinajstić information content (AvgIpc) is 2.63. The number of Topliss-reactive ketones (excluding diaryl/α,β-unsaturated/α-hetero) is 1. The van der Waals surface area contributed by atoms with Crippen LogP contribution in [0.15, 0.2) is 45.2 Å². The summed E-state index contributed by atoms with van der Waals surface area (Å²) in [5.74, 6) is -0.619. The van der Waals surface area contributed by atoms with Gasteiger partial charge in [0, 0.05) is 19.5 Å². The van der Waals surface area contributed by atoms with Crippen LogP contribution in [-0.2, 0) is 14.1 Å². The molecule has 0 saturated heterocycles. The summed E-state index contributed by atoms with van der Waals surface area (Å²) < 4.78 is 1.95. The predicted molar refractivity (Wildman–Crippen MR) is 95.9 cm³/mol. The van der Waals surface area contributed by atoms with E-state index in [9.17, 15) is 14.4 Å². The molecule has 0 saturated carbocycles. The van der Waals surface area contributed by atoms with Gasteiger partial charge >= 0.3 is 5.69 Å². The fourth-order valence-corrected chi connectivity index (χ4v) is 3.29. The summed E-state index contributed by atoms with van der Waals surface area (Å²) in [6.07, 6.45) is 1.43. The Kier molecular flexibility index (Phi) is 4.41. The molecule has 128 valence electrons. The van der Waals surface area contributed by atoms with Crippen LogP contribution >= 0.6 is 11.8 Å². The molecule has 2 aromatic heterocycles. The average molecular weight is 357 g/mol. The van der Waals surface area contributed by atoms with Crippen LogP contribution in [0.3, 0.4) is 0 Å². The Balaban J connectivity index is 1.94. The van der Waals surface area contributed by atoms with E-state index in [1.54, 1.807) is 0 Å². The number of hydrogen-bond acceptors (Lipinski definition) is 7. The Labute approximate surface area is 146 Å². The third-order valence-electron chi connectivity index (χ3n) is 3.83. The standard InChI is InChI=1S/C16H15N5O3S/c1-20-13(17)12(15(23)21(2)16(20)24)11(22)7-25-14-9-5-3-4-6-10(9)18-8-19-14/h3-6,8H,7,17H2,1-2H3. The minimum atomic E-state index is -0.696. The molecule has 0 aliphatic heterocycles. The summed E-state index contributed by atoms with van der Waals surface area (Å²) in [5.41, 5.74) is 5.12. The first kappa shape index (κ1) is 16.9. The zero-order chi connectivity index (χ0) is 18.1. The second-order valence-corrected chi connectivity index (χ2v) is 6.34. The smallest absolute Gasteiger partial charge is 0.332 e. The largest absolute Gasteiger partial charge is 0.384 e. The number of nitrogens with zero attached hydrogens (tertiary/aromatic N) is 4. The maximum Gasteiger partial charge on any atom is 0.332 e. The number of carbonyl (C=O) groups excluding carboxylic acids is 1. The Bertz CT molecular complexity index is 1100. The molecule has 3 rings (SSSR count). The Morgan fingerprint density at radius 3 is 2.64 bits per heavy atom. The minimum absolute atomic E-state index is 0.0291. The van der Waals surface area contributed by atoms with E-state index < -0.39 is 17.0 Å². The van der Waals surface area contributed by atoms with Crippen molar-refractivity contribution in [2.24, 2.45) is 14.1 Å². The highest BCUT2D eigenvalue weighted by atomic mass is 32.2. The Morgan fingerprint density at radius 2 is 1.88 bits per heavy atom. The molecule has 9 heteroatoms. The van der Waals surface area contributed by atoms with Gasteiger partial charge in [-0.15, -0.1) is 0 Å². The molecular formula is C16H15N5O3S. The van der Waals surface area contributed by atoms with Crippen LogP contribution in [-0.4, -0.2) is 30.6 Å². The monoisotopic (exact) mass is 357 g/mol. The molecule has 25 heavy (non-hydrogen) atoms. The first-order chi connectivity index (χ1) is 11.9. The first-order valence-electron chi connectivity index (χ1n) is 7.33. The van der Waals surface area contributed by atoms with Crippen molar-refractivity contribution in [1.82, 2.24) is 19.1 Å². The van der Waals surface area contributed by atoms with E-state index in [1.165, 1.54) is 32.2 Å². The zero-order valence-electron chi connectivity index (χ0n) is 13.6. The van der Waals surface area contributed by atoms with E-state index in [2.05, 4.69) is 9.97 Å². The molecule has 0 aliphatic carbocycles. The number of para-hydroxylation sites is 1. The molecule has 2 N–H and O–H groups in total. The molecule has 0 amide bonds. The fraction of sp³-hybridized carbons (Fsp3) is 0.188. The Morgan fingerprint density at radius 1 is 1.16 bits per heavy atom. The number of rotatable bonds is 4. The van der Waals surface area contributed by atoms with Gasteiger partial charge < -0.3 is 5.73 Å². The second kappa shape index (κ2) is 6.52. The third-order valence-corrected chi connectivity index (χ3v) is 4.84. The van der Waals surface area contributed by atoms with Gasteiger partial charge in [0.2, 0.25) is 0 Å². The van der Waals surface area contributed by atoms with Crippen LogP contribution in [0.4, 0.5) is 5.82 Å². The molecule has 0 radical (unpaired) electrons. The fourth-order valence-electron chi connectivity index (χ4n) is 2.42. The molecule has 0 unspecified atom stereocenters. The summed E-state index contributed by atoms with van der Waals surface area (Å²) in [5, 5.41) is 1.46. The van der Waals surface area contributed by atoms with Gasteiger partial charge in [0.05, 0.1) is 11.3 Å².